The average Bonchev–Trinajstić information content (AvgIpc) is 2.63. The van der Waals surface area contributed by atoms with Gasteiger partial charge >= 0.3 is 7.82 Å². The van der Waals surface area contributed by atoms with Crippen LogP contribution < -0.4 is 0 Å². The highest BCUT2D eigenvalue weighted by atomic mass is 31.2. The van der Waals surface area contributed by atoms with Crippen molar-refractivity contribution in [2.24, 2.45) is 0 Å². The maximum atomic E-state index is 12.2. The van der Waals surface area contributed by atoms with Crippen molar-refractivity contribution in [2.75, 3.05) is 6.61 Å². The lowest BCUT2D eigenvalue weighted by Gasteiger charge is -2.31. The van der Waals surface area contributed by atoms with Crippen molar-refractivity contribution >= 4 is 7.82 Å². The van der Waals surface area contributed by atoms with E-state index in [4.69, 9.17) is 13.6 Å². The molecule has 0 amide bonds. The van der Waals surface area contributed by atoms with Crippen molar-refractivity contribution in [1.29, 1.82) is 0 Å². The zero-order valence-electron chi connectivity index (χ0n) is 13.9. The molecule has 2 heterocycles. The van der Waals surface area contributed by atoms with E-state index in [9.17, 15) is 4.57 Å². The van der Waals surface area contributed by atoms with Crippen LogP contribution >= 0.6 is 7.82 Å². The summed E-state index contributed by atoms with van der Waals surface area (Å²) in [4.78, 5) is 0. The van der Waals surface area contributed by atoms with Gasteiger partial charge in [-0.2, -0.15) is 0 Å². The van der Waals surface area contributed by atoms with E-state index in [0.717, 1.165) is 19.3 Å². The Labute approximate surface area is 135 Å². The van der Waals surface area contributed by atoms with E-state index in [2.05, 4.69) is 6.92 Å². The van der Waals surface area contributed by atoms with E-state index in [1.165, 1.54) is 51.4 Å². The number of rotatable bonds is 10. The van der Waals surface area contributed by atoms with Gasteiger partial charge in [-0.05, 0) is 6.42 Å². The Bertz CT molecular complexity index is 383. The highest BCUT2D eigenvalue weighted by Gasteiger charge is 2.40. The molecule has 2 aliphatic heterocycles. The molecule has 0 saturated carbocycles. The van der Waals surface area contributed by atoms with Crippen LogP contribution in [0.1, 0.15) is 77.6 Å². The fourth-order valence-corrected chi connectivity index (χ4v) is 4.57. The first-order chi connectivity index (χ1) is 10.7. The third-order valence-electron chi connectivity index (χ3n) is 4.35. The van der Waals surface area contributed by atoms with Crippen LogP contribution in [0.5, 0.6) is 0 Å². The van der Waals surface area contributed by atoms with Crippen LogP contribution in [0.25, 0.3) is 0 Å². The van der Waals surface area contributed by atoms with E-state index < -0.39 is 7.82 Å². The van der Waals surface area contributed by atoms with Crippen molar-refractivity contribution < 1.29 is 18.1 Å². The molecule has 0 aromatic rings. The molecule has 0 N–H and O–H groups in total. The lowest BCUT2D eigenvalue weighted by atomic mass is 10.0. The molecule has 0 radical (unpaired) electrons. The van der Waals surface area contributed by atoms with Gasteiger partial charge in [-0.3, -0.25) is 13.6 Å². The molecule has 4 nitrogen and oxygen atoms in total. The summed E-state index contributed by atoms with van der Waals surface area (Å²) >= 11 is 0. The second kappa shape index (κ2) is 9.87. The zero-order chi connectivity index (χ0) is 15.7. The lowest BCUT2D eigenvalue weighted by molar-refractivity contribution is 0.00903. The highest BCUT2D eigenvalue weighted by molar-refractivity contribution is 7.48. The number of hydrogen-bond donors (Lipinski definition) is 0. The predicted octanol–water partition coefficient (Wildman–Crippen LogP) is 5.78. The second-order valence-electron chi connectivity index (χ2n) is 6.40. The lowest BCUT2D eigenvalue weighted by Crippen LogP contribution is -2.26. The Morgan fingerprint density at radius 1 is 1.00 bits per heavy atom. The SMILES string of the molecule is CCCCCCCCCCC[C@@H]1C[C@H]2C=CCO[P@](=O)(O1)O2. The van der Waals surface area contributed by atoms with E-state index in [1.807, 2.05) is 12.2 Å². The monoisotopic (exact) mass is 330 g/mol. The Balaban J connectivity index is 1.54. The van der Waals surface area contributed by atoms with Crippen molar-refractivity contribution in [1.82, 2.24) is 0 Å². The van der Waals surface area contributed by atoms with Gasteiger partial charge in [-0.25, -0.2) is 4.57 Å². The van der Waals surface area contributed by atoms with E-state index >= 15 is 0 Å². The summed E-state index contributed by atoms with van der Waals surface area (Å²) in [5.41, 5.74) is 0. The molecule has 0 unspecified atom stereocenters. The molecule has 2 aliphatic rings. The van der Waals surface area contributed by atoms with Crippen molar-refractivity contribution in [3.63, 3.8) is 0 Å². The summed E-state index contributed by atoms with van der Waals surface area (Å²) in [5.74, 6) is 0. The summed E-state index contributed by atoms with van der Waals surface area (Å²) in [7, 11) is -3.30. The first-order valence-corrected chi connectivity index (χ1v) is 10.5. The Hall–Kier alpha value is -0.150. The van der Waals surface area contributed by atoms with Gasteiger partial charge in [-0.15, -0.1) is 0 Å². The van der Waals surface area contributed by atoms with Crippen LogP contribution in [0.4, 0.5) is 0 Å². The summed E-state index contributed by atoms with van der Waals surface area (Å²) in [6.07, 6.45) is 17.3. The fourth-order valence-electron chi connectivity index (χ4n) is 3.09. The summed E-state index contributed by atoms with van der Waals surface area (Å²) in [5, 5.41) is 0. The van der Waals surface area contributed by atoms with Crippen molar-refractivity contribution in [3.05, 3.63) is 12.2 Å². The number of hydrogen-bond acceptors (Lipinski definition) is 4. The van der Waals surface area contributed by atoms with Crippen LogP contribution in [0, 0.1) is 0 Å². The number of phosphoric acid groups is 1. The normalized spacial score (nSPS) is 31.1. The van der Waals surface area contributed by atoms with Gasteiger partial charge < -0.3 is 0 Å². The molecular formula is C17H31O4P. The molecule has 1 fully saturated rings. The topological polar surface area (TPSA) is 44.8 Å². The first kappa shape index (κ1) is 18.2. The molecular weight excluding hydrogens is 299 g/mol. The van der Waals surface area contributed by atoms with Crippen LogP contribution in [0.3, 0.4) is 0 Å². The largest absolute Gasteiger partial charge is 0.475 e. The van der Waals surface area contributed by atoms with Gasteiger partial charge in [0.2, 0.25) is 0 Å². The van der Waals surface area contributed by atoms with Gasteiger partial charge in [0.25, 0.3) is 0 Å². The molecule has 0 aromatic heterocycles. The number of fused-ring (bicyclic) bond motifs is 2. The highest BCUT2D eigenvalue weighted by Crippen LogP contribution is 2.57. The van der Waals surface area contributed by atoms with E-state index in [1.54, 1.807) is 0 Å². The first-order valence-electron chi connectivity index (χ1n) is 9.00. The van der Waals surface area contributed by atoms with Crippen LogP contribution in [0.2, 0.25) is 0 Å². The van der Waals surface area contributed by atoms with Crippen LogP contribution in [0.15, 0.2) is 12.2 Å². The van der Waals surface area contributed by atoms with Crippen LogP contribution in [-0.4, -0.2) is 18.8 Å². The third-order valence-corrected chi connectivity index (χ3v) is 5.90. The molecule has 2 bridgehead atoms. The standard InChI is InChI=1S/C17H31O4P/c1-2-3-4-5-6-7-8-9-10-12-16-15-17-13-11-14-19-22(18,20-16)21-17/h11,13,16-17H,2-10,12,14-15H2,1H3/t16-,17-,22-/m1/s1. The van der Waals surface area contributed by atoms with Gasteiger partial charge in [0.05, 0.1) is 18.8 Å². The zero-order valence-corrected chi connectivity index (χ0v) is 14.8. The minimum absolute atomic E-state index is 0.0110. The van der Waals surface area contributed by atoms with E-state index in [0.29, 0.717) is 6.61 Å². The van der Waals surface area contributed by atoms with Gasteiger partial charge in [0.15, 0.2) is 0 Å². The Kier molecular flexibility index (Phi) is 8.16. The number of unbranched alkanes of at least 4 members (excludes halogenated alkanes) is 8. The quantitative estimate of drug-likeness (QED) is 0.289. The molecule has 5 heteroatoms. The van der Waals surface area contributed by atoms with Gasteiger partial charge in [-0.1, -0.05) is 76.9 Å². The summed E-state index contributed by atoms with van der Waals surface area (Å²) < 4.78 is 28.4. The van der Waals surface area contributed by atoms with Crippen LogP contribution in [-0.2, 0) is 18.1 Å². The third kappa shape index (κ3) is 6.54. The molecule has 0 aliphatic carbocycles. The maximum Gasteiger partial charge on any atom is 0.475 e. The fraction of sp³-hybridized carbons (Fsp3) is 0.882. The Morgan fingerprint density at radius 3 is 2.41 bits per heavy atom. The maximum absolute atomic E-state index is 12.2. The average molecular weight is 330 g/mol. The molecule has 3 atom stereocenters. The van der Waals surface area contributed by atoms with E-state index in [-0.39, 0.29) is 12.2 Å². The minimum Gasteiger partial charge on any atom is -0.283 e. The van der Waals surface area contributed by atoms with Crippen molar-refractivity contribution in [3.8, 4) is 0 Å². The summed E-state index contributed by atoms with van der Waals surface area (Å²) in [6.45, 7) is 2.57. The molecule has 2 rings (SSSR count). The molecule has 1 saturated heterocycles. The van der Waals surface area contributed by atoms with Crippen molar-refractivity contribution in [2.45, 2.75) is 89.8 Å². The Morgan fingerprint density at radius 2 is 1.68 bits per heavy atom. The summed E-state index contributed by atoms with van der Waals surface area (Å²) in [6, 6.07) is 0. The second-order valence-corrected chi connectivity index (χ2v) is 7.97. The minimum atomic E-state index is -3.30. The molecule has 0 spiro atoms. The smallest absolute Gasteiger partial charge is 0.283 e. The predicted molar refractivity (Wildman–Crippen MR) is 88.9 cm³/mol. The molecule has 128 valence electrons. The van der Waals surface area contributed by atoms with Gasteiger partial charge in [0.1, 0.15) is 0 Å². The number of phosphoric ester groups is 1. The molecule has 0 aromatic carbocycles. The van der Waals surface area contributed by atoms with Gasteiger partial charge in [0, 0.05) is 6.42 Å². The molecule has 22 heavy (non-hydrogen) atoms.